The molecule has 0 bridgehead atoms. The van der Waals surface area contributed by atoms with Gasteiger partial charge in [-0.2, -0.15) is 9.78 Å². The normalized spacial score (nSPS) is 15.3. The van der Waals surface area contributed by atoms with Crippen molar-refractivity contribution >= 4 is 22.8 Å². The third-order valence-electron chi connectivity index (χ3n) is 5.51. The number of nitrogens with zero attached hydrogens (tertiary/aromatic N) is 4. The molecule has 1 fully saturated rings. The van der Waals surface area contributed by atoms with Crippen LogP contribution in [0, 0.1) is 5.82 Å². The molecular weight excluding hydrogens is 399 g/mol. The van der Waals surface area contributed by atoms with E-state index in [4.69, 9.17) is 5.73 Å². The number of hydrogen-bond acceptors (Lipinski definition) is 5. The van der Waals surface area contributed by atoms with E-state index in [0.717, 1.165) is 49.5 Å². The molecule has 0 atom stereocenters. The van der Waals surface area contributed by atoms with Crippen LogP contribution < -0.4 is 11.1 Å². The Hall–Kier alpha value is -3.30. The van der Waals surface area contributed by atoms with Gasteiger partial charge in [-0.05, 0) is 23.8 Å². The molecule has 3 N–H and O–H groups in total. The quantitative estimate of drug-likeness (QED) is 0.627. The average Bonchev–Trinajstić information content (AvgIpc) is 3.17. The van der Waals surface area contributed by atoms with Crippen molar-refractivity contribution < 1.29 is 14.0 Å². The summed E-state index contributed by atoms with van der Waals surface area (Å²) in [7, 11) is 0. The van der Waals surface area contributed by atoms with E-state index >= 15 is 0 Å². The SMILES string of the molecule is NC(=O)n1nc(C(=O)NCCN2CCN(Cc3ccc(F)cc3)CC2)c2ccccc21. The summed E-state index contributed by atoms with van der Waals surface area (Å²) in [5, 5.41) is 7.58. The van der Waals surface area contributed by atoms with Gasteiger partial charge in [-0.3, -0.25) is 14.6 Å². The molecule has 2 heterocycles. The molecule has 162 valence electrons. The van der Waals surface area contributed by atoms with Gasteiger partial charge in [0.15, 0.2) is 5.69 Å². The Balaban J connectivity index is 1.26. The van der Waals surface area contributed by atoms with Gasteiger partial charge >= 0.3 is 6.03 Å². The van der Waals surface area contributed by atoms with Crippen molar-refractivity contribution in [1.82, 2.24) is 24.9 Å². The molecule has 9 heteroatoms. The zero-order valence-corrected chi connectivity index (χ0v) is 17.1. The van der Waals surface area contributed by atoms with Crippen molar-refractivity contribution in [2.45, 2.75) is 6.54 Å². The molecule has 2 aromatic carbocycles. The first kappa shape index (κ1) is 21.0. The van der Waals surface area contributed by atoms with Gasteiger partial charge in [0.1, 0.15) is 5.82 Å². The van der Waals surface area contributed by atoms with Crippen LogP contribution in [0.25, 0.3) is 10.9 Å². The maximum absolute atomic E-state index is 13.0. The third kappa shape index (κ3) is 4.89. The van der Waals surface area contributed by atoms with Crippen molar-refractivity contribution in [2.24, 2.45) is 5.73 Å². The molecule has 4 rings (SSSR count). The number of benzene rings is 2. The second-order valence-corrected chi connectivity index (χ2v) is 7.62. The topological polar surface area (TPSA) is 96.5 Å². The molecule has 2 amide bonds. The highest BCUT2D eigenvalue weighted by atomic mass is 19.1. The lowest BCUT2D eigenvalue weighted by atomic mass is 10.2. The Labute approximate surface area is 179 Å². The maximum Gasteiger partial charge on any atom is 0.340 e. The van der Waals surface area contributed by atoms with Crippen molar-refractivity contribution in [3.05, 3.63) is 65.6 Å². The van der Waals surface area contributed by atoms with Gasteiger partial charge < -0.3 is 11.1 Å². The average molecular weight is 424 g/mol. The summed E-state index contributed by atoms with van der Waals surface area (Å²) in [6, 6.07) is 12.9. The van der Waals surface area contributed by atoms with Crippen LogP contribution >= 0.6 is 0 Å². The van der Waals surface area contributed by atoms with Crippen LogP contribution in [0.5, 0.6) is 0 Å². The highest BCUT2D eigenvalue weighted by Gasteiger charge is 2.20. The predicted molar refractivity (Wildman–Crippen MR) is 115 cm³/mol. The molecule has 0 saturated carbocycles. The molecule has 1 saturated heterocycles. The van der Waals surface area contributed by atoms with Crippen LogP contribution in [0.4, 0.5) is 9.18 Å². The zero-order valence-electron chi connectivity index (χ0n) is 17.1. The lowest BCUT2D eigenvalue weighted by Crippen LogP contribution is -2.48. The summed E-state index contributed by atoms with van der Waals surface area (Å²) < 4.78 is 14.1. The molecule has 1 aliphatic rings. The minimum absolute atomic E-state index is 0.193. The first-order valence-corrected chi connectivity index (χ1v) is 10.3. The van der Waals surface area contributed by atoms with E-state index in [1.54, 1.807) is 24.3 Å². The Morgan fingerprint density at radius 1 is 1.00 bits per heavy atom. The fourth-order valence-corrected chi connectivity index (χ4v) is 3.83. The largest absolute Gasteiger partial charge is 0.350 e. The van der Waals surface area contributed by atoms with E-state index in [2.05, 4.69) is 20.2 Å². The van der Waals surface area contributed by atoms with Gasteiger partial charge in [0.25, 0.3) is 5.91 Å². The van der Waals surface area contributed by atoms with Gasteiger partial charge in [0, 0.05) is 51.2 Å². The molecule has 0 aliphatic carbocycles. The summed E-state index contributed by atoms with van der Waals surface area (Å²) in [6.07, 6.45) is 0. The highest BCUT2D eigenvalue weighted by molar-refractivity contribution is 6.06. The number of piperazine rings is 1. The van der Waals surface area contributed by atoms with E-state index in [1.165, 1.54) is 12.1 Å². The van der Waals surface area contributed by atoms with Gasteiger partial charge in [-0.15, -0.1) is 0 Å². The fourth-order valence-electron chi connectivity index (χ4n) is 3.83. The summed E-state index contributed by atoms with van der Waals surface area (Å²) in [6.45, 7) is 5.64. The Morgan fingerprint density at radius 3 is 2.39 bits per heavy atom. The molecule has 0 unspecified atom stereocenters. The number of rotatable bonds is 6. The number of carbonyl (C=O) groups excluding carboxylic acids is 2. The Bertz CT molecular complexity index is 1070. The van der Waals surface area contributed by atoms with Crippen molar-refractivity contribution in [2.75, 3.05) is 39.3 Å². The second-order valence-electron chi connectivity index (χ2n) is 7.62. The minimum Gasteiger partial charge on any atom is -0.350 e. The summed E-state index contributed by atoms with van der Waals surface area (Å²) >= 11 is 0. The number of fused-ring (bicyclic) bond motifs is 1. The van der Waals surface area contributed by atoms with Crippen LogP contribution in [0.15, 0.2) is 48.5 Å². The maximum atomic E-state index is 13.0. The second kappa shape index (κ2) is 9.23. The van der Waals surface area contributed by atoms with Crippen LogP contribution in [-0.2, 0) is 6.54 Å². The number of para-hydroxylation sites is 1. The lowest BCUT2D eigenvalue weighted by Gasteiger charge is -2.34. The van der Waals surface area contributed by atoms with E-state index in [-0.39, 0.29) is 17.4 Å². The molecule has 1 aliphatic heterocycles. The van der Waals surface area contributed by atoms with Gasteiger partial charge in [0.05, 0.1) is 5.52 Å². The molecule has 0 spiro atoms. The predicted octanol–water partition coefficient (Wildman–Crippen LogP) is 1.65. The van der Waals surface area contributed by atoms with Crippen LogP contribution in [0.1, 0.15) is 16.1 Å². The lowest BCUT2D eigenvalue weighted by molar-refractivity contribution is 0.0930. The Morgan fingerprint density at radius 2 is 1.68 bits per heavy atom. The fraction of sp³-hybridized carbons (Fsp3) is 0.318. The molecule has 1 aromatic heterocycles. The van der Waals surface area contributed by atoms with E-state index in [1.807, 2.05) is 12.1 Å². The number of hydrogen-bond donors (Lipinski definition) is 2. The standard InChI is InChI=1S/C22H25FN6O2/c23-17-7-5-16(6-8-17)15-28-13-11-27(12-14-28)10-9-25-21(30)20-18-3-1-2-4-19(18)29(26-20)22(24)31/h1-8H,9-15H2,(H2,24,31)(H,25,30). The first-order chi connectivity index (χ1) is 15.0. The first-order valence-electron chi connectivity index (χ1n) is 10.3. The molecule has 31 heavy (non-hydrogen) atoms. The number of carbonyl (C=O) groups is 2. The summed E-state index contributed by atoms with van der Waals surface area (Å²) in [5.74, 6) is -0.545. The van der Waals surface area contributed by atoms with Gasteiger partial charge in [-0.25, -0.2) is 9.18 Å². The van der Waals surface area contributed by atoms with E-state index in [0.29, 0.717) is 17.4 Å². The van der Waals surface area contributed by atoms with Crippen LogP contribution in [0.2, 0.25) is 0 Å². The van der Waals surface area contributed by atoms with Gasteiger partial charge in [0.2, 0.25) is 0 Å². The van der Waals surface area contributed by atoms with Crippen LogP contribution in [-0.4, -0.2) is 70.8 Å². The number of halogens is 1. The Kier molecular flexibility index (Phi) is 6.24. The van der Waals surface area contributed by atoms with E-state index < -0.39 is 6.03 Å². The molecule has 0 radical (unpaired) electrons. The number of aromatic nitrogens is 2. The number of primary amides is 1. The third-order valence-corrected chi connectivity index (χ3v) is 5.51. The number of nitrogens with one attached hydrogen (secondary N) is 1. The summed E-state index contributed by atoms with van der Waals surface area (Å²) in [4.78, 5) is 28.8. The van der Waals surface area contributed by atoms with Crippen molar-refractivity contribution in [3.8, 4) is 0 Å². The monoisotopic (exact) mass is 424 g/mol. The minimum atomic E-state index is -0.728. The zero-order chi connectivity index (χ0) is 21.8. The van der Waals surface area contributed by atoms with Crippen LogP contribution in [0.3, 0.4) is 0 Å². The van der Waals surface area contributed by atoms with Crippen molar-refractivity contribution in [3.63, 3.8) is 0 Å². The molecular formula is C22H25FN6O2. The number of amides is 2. The summed E-state index contributed by atoms with van der Waals surface area (Å²) in [5.41, 5.74) is 7.17. The number of nitrogens with two attached hydrogens (primary N) is 1. The molecule has 8 nitrogen and oxygen atoms in total. The molecule has 3 aromatic rings. The van der Waals surface area contributed by atoms with E-state index in [9.17, 15) is 14.0 Å². The van der Waals surface area contributed by atoms with Gasteiger partial charge in [-0.1, -0.05) is 30.3 Å². The highest BCUT2D eigenvalue weighted by Crippen LogP contribution is 2.18. The van der Waals surface area contributed by atoms with Crippen molar-refractivity contribution in [1.29, 1.82) is 0 Å². The smallest absolute Gasteiger partial charge is 0.340 e.